The zero-order valence-corrected chi connectivity index (χ0v) is 10.3. The van der Waals surface area contributed by atoms with Crippen molar-refractivity contribution in [2.45, 2.75) is 32.6 Å². The second-order valence-electron chi connectivity index (χ2n) is 3.66. The van der Waals surface area contributed by atoms with E-state index in [0.717, 1.165) is 12.8 Å². The van der Waals surface area contributed by atoms with E-state index in [9.17, 15) is 4.79 Å². The summed E-state index contributed by atoms with van der Waals surface area (Å²) in [5.74, 6) is -0.144. The number of halogens is 1. The first-order valence-electron chi connectivity index (χ1n) is 5.64. The van der Waals surface area contributed by atoms with Gasteiger partial charge in [-0.05, 0) is 18.6 Å². The van der Waals surface area contributed by atoms with E-state index in [1.54, 1.807) is 18.3 Å². The van der Waals surface area contributed by atoms with Crippen molar-refractivity contribution in [3.8, 4) is 0 Å². The van der Waals surface area contributed by atoms with E-state index in [1.165, 1.54) is 12.8 Å². The Kier molecular flexibility index (Phi) is 5.86. The van der Waals surface area contributed by atoms with Gasteiger partial charge < -0.3 is 5.32 Å². The van der Waals surface area contributed by atoms with Crippen molar-refractivity contribution >= 4 is 17.5 Å². The Morgan fingerprint density at radius 3 is 2.94 bits per heavy atom. The van der Waals surface area contributed by atoms with Crippen LogP contribution in [0.2, 0.25) is 5.15 Å². The monoisotopic (exact) mass is 240 g/mol. The van der Waals surface area contributed by atoms with Crippen LogP contribution in [0.5, 0.6) is 0 Å². The van der Waals surface area contributed by atoms with Crippen molar-refractivity contribution in [2.24, 2.45) is 0 Å². The van der Waals surface area contributed by atoms with Gasteiger partial charge in [-0.2, -0.15) is 0 Å². The molecule has 0 saturated heterocycles. The highest BCUT2D eigenvalue weighted by molar-refractivity contribution is 6.32. The molecular weight excluding hydrogens is 224 g/mol. The minimum absolute atomic E-state index is 0.144. The predicted molar refractivity (Wildman–Crippen MR) is 65.7 cm³/mol. The minimum atomic E-state index is -0.144. The molecule has 0 spiro atoms. The summed E-state index contributed by atoms with van der Waals surface area (Å²) in [6.07, 6.45) is 6.14. The van der Waals surface area contributed by atoms with E-state index in [-0.39, 0.29) is 11.1 Å². The highest BCUT2D eigenvalue weighted by Gasteiger charge is 2.09. The number of hydrogen-bond donors (Lipinski definition) is 1. The highest BCUT2D eigenvalue weighted by atomic mass is 35.5. The van der Waals surface area contributed by atoms with Crippen LogP contribution in [0.15, 0.2) is 18.3 Å². The van der Waals surface area contributed by atoms with Crippen LogP contribution in [0.3, 0.4) is 0 Å². The van der Waals surface area contributed by atoms with Crippen LogP contribution < -0.4 is 5.32 Å². The van der Waals surface area contributed by atoms with Crippen LogP contribution in [-0.4, -0.2) is 17.4 Å². The second kappa shape index (κ2) is 7.23. The molecular formula is C12H17ClN2O. The zero-order chi connectivity index (χ0) is 11.8. The van der Waals surface area contributed by atoms with Gasteiger partial charge >= 0.3 is 0 Å². The number of aromatic nitrogens is 1. The van der Waals surface area contributed by atoms with E-state index in [4.69, 9.17) is 11.6 Å². The number of nitrogens with one attached hydrogen (secondary N) is 1. The summed E-state index contributed by atoms with van der Waals surface area (Å²) in [5.41, 5.74) is 0.444. The lowest BCUT2D eigenvalue weighted by molar-refractivity contribution is 0.0952. The number of carbonyl (C=O) groups is 1. The number of unbranched alkanes of at least 4 members (excludes halogenated alkanes) is 3. The van der Waals surface area contributed by atoms with Crippen molar-refractivity contribution < 1.29 is 4.79 Å². The molecule has 0 aliphatic heterocycles. The Morgan fingerprint density at radius 1 is 1.44 bits per heavy atom. The second-order valence-corrected chi connectivity index (χ2v) is 4.02. The Hall–Kier alpha value is -1.09. The quantitative estimate of drug-likeness (QED) is 0.614. The summed E-state index contributed by atoms with van der Waals surface area (Å²) in [6, 6.07) is 3.38. The predicted octanol–water partition coefficient (Wildman–Crippen LogP) is 3.05. The fourth-order valence-corrected chi connectivity index (χ4v) is 1.61. The van der Waals surface area contributed by atoms with Gasteiger partial charge in [-0.3, -0.25) is 4.79 Å². The molecule has 0 aliphatic rings. The molecule has 1 aromatic heterocycles. The summed E-state index contributed by atoms with van der Waals surface area (Å²) in [7, 11) is 0. The summed E-state index contributed by atoms with van der Waals surface area (Å²) in [5, 5.41) is 3.09. The third kappa shape index (κ3) is 4.19. The molecule has 0 fully saturated rings. The van der Waals surface area contributed by atoms with Gasteiger partial charge in [0.05, 0.1) is 5.56 Å². The number of nitrogens with zero attached hydrogens (tertiary/aromatic N) is 1. The number of hydrogen-bond acceptors (Lipinski definition) is 2. The van der Waals surface area contributed by atoms with Gasteiger partial charge in [0.2, 0.25) is 0 Å². The number of carbonyl (C=O) groups excluding carboxylic acids is 1. The zero-order valence-electron chi connectivity index (χ0n) is 9.50. The smallest absolute Gasteiger partial charge is 0.254 e. The Bertz CT molecular complexity index is 342. The van der Waals surface area contributed by atoms with Gasteiger partial charge in [0, 0.05) is 12.7 Å². The van der Waals surface area contributed by atoms with E-state index in [2.05, 4.69) is 17.2 Å². The molecule has 1 amide bonds. The number of amides is 1. The fourth-order valence-electron chi connectivity index (χ4n) is 1.40. The normalized spacial score (nSPS) is 10.1. The van der Waals surface area contributed by atoms with E-state index in [1.807, 2.05) is 0 Å². The molecule has 4 heteroatoms. The lowest BCUT2D eigenvalue weighted by Crippen LogP contribution is -2.24. The molecule has 0 atom stereocenters. The molecule has 0 bridgehead atoms. The Morgan fingerprint density at radius 2 is 2.25 bits per heavy atom. The van der Waals surface area contributed by atoms with Crippen molar-refractivity contribution in [3.05, 3.63) is 29.0 Å². The van der Waals surface area contributed by atoms with Gasteiger partial charge in [0.1, 0.15) is 5.15 Å². The van der Waals surface area contributed by atoms with Crippen LogP contribution in [0.25, 0.3) is 0 Å². The van der Waals surface area contributed by atoms with Gasteiger partial charge in [0.25, 0.3) is 5.91 Å². The third-order valence-corrected chi connectivity index (χ3v) is 2.62. The molecule has 16 heavy (non-hydrogen) atoms. The SMILES string of the molecule is CCCCCCNC(=O)c1cccnc1Cl. The molecule has 3 nitrogen and oxygen atoms in total. The first kappa shape index (κ1) is 13.0. The van der Waals surface area contributed by atoms with Gasteiger partial charge in [-0.15, -0.1) is 0 Å². The first-order valence-corrected chi connectivity index (χ1v) is 6.02. The summed E-state index contributed by atoms with van der Waals surface area (Å²) >= 11 is 5.81. The first-order chi connectivity index (χ1) is 7.75. The summed E-state index contributed by atoms with van der Waals surface area (Å²) in [4.78, 5) is 15.5. The molecule has 88 valence electrons. The van der Waals surface area contributed by atoms with E-state index in [0.29, 0.717) is 12.1 Å². The average molecular weight is 241 g/mol. The number of pyridine rings is 1. The molecule has 1 N–H and O–H groups in total. The lowest BCUT2D eigenvalue weighted by atomic mass is 10.2. The number of rotatable bonds is 6. The minimum Gasteiger partial charge on any atom is -0.352 e. The fraction of sp³-hybridized carbons (Fsp3) is 0.500. The van der Waals surface area contributed by atoms with Crippen LogP contribution in [0.1, 0.15) is 43.0 Å². The van der Waals surface area contributed by atoms with Crippen LogP contribution in [0, 0.1) is 0 Å². The third-order valence-electron chi connectivity index (χ3n) is 2.32. The molecule has 1 rings (SSSR count). The van der Waals surface area contributed by atoms with Crippen LogP contribution >= 0.6 is 11.6 Å². The Balaban J connectivity index is 2.33. The average Bonchev–Trinajstić information content (AvgIpc) is 2.29. The van der Waals surface area contributed by atoms with Crippen molar-refractivity contribution in [2.75, 3.05) is 6.54 Å². The maximum Gasteiger partial charge on any atom is 0.254 e. The maximum atomic E-state index is 11.7. The molecule has 1 aromatic rings. The van der Waals surface area contributed by atoms with E-state index < -0.39 is 0 Å². The topological polar surface area (TPSA) is 42.0 Å². The summed E-state index contributed by atoms with van der Waals surface area (Å²) in [6.45, 7) is 2.86. The molecule has 0 saturated carbocycles. The standard InChI is InChI=1S/C12H17ClN2O/c1-2-3-4-5-8-15-12(16)10-7-6-9-14-11(10)13/h6-7,9H,2-5,8H2,1H3,(H,15,16). The van der Waals surface area contributed by atoms with Crippen molar-refractivity contribution in [3.63, 3.8) is 0 Å². The van der Waals surface area contributed by atoms with Crippen molar-refractivity contribution in [1.82, 2.24) is 10.3 Å². The van der Waals surface area contributed by atoms with Gasteiger partial charge in [-0.1, -0.05) is 37.8 Å². The highest BCUT2D eigenvalue weighted by Crippen LogP contribution is 2.10. The molecule has 1 heterocycles. The maximum absolute atomic E-state index is 11.7. The van der Waals surface area contributed by atoms with Crippen LogP contribution in [0.4, 0.5) is 0 Å². The Labute approximate surface area is 101 Å². The van der Waals surface area contributed by atoms with Gasteiger partial charge in [-0.25, -0.2) is 4.98 Å². The summed E-state index contributed by atoms with van der Waals surface area (Å²) < 4.78 is 0. The van der Waals surface area contributed by atoms with E-state index >= 15 is 0 Å². The van der Waals surface area contributed by atoms with Crippen LogP contribution in [-0.2, 0) is 0 Å². The van der Waals surface area contributed by atoms with Crippen molar-refractivity contribution in [1.29, 1.82) is 0 Å². The molecule has 0 aromatic carbocycles. The molecule has 0 aliphatic carbocycles. The largest absolute Gasteiger partial charge is 0.352 e. The van der Waals surface area contributed by atoms with Gasteiger partial charge in [0.15, 0.2) is 0 Å². The lowest BCUT2D eigenvalue weighted by Gasteiger charge is -2.05. The molecule has 0 radical (unpaired) electrons. The molecule has 0 unspecified atom stereocenters.